The molecular weight excluding hydrogens is 364 g/mol. The molecule has 116 valence electrons. The largest absolute Gasteiger partial charge is 0.481 e. The van der Waals surface area contributed by atoms with Crippen molar-refractivity contribution in [2.75, 3.05) is 13.1 Å². The van der Waals surface area contributed by atoms with Crippen LogP contribution < -0.4 is 0 Å². The Hall–Kier alpha value is -1.24. The topological polar surface area (TPSA) is 53.4 Å². The summed E-state index contributed by atoms with van der Waals surface area (Å²) in [4.78, 5) is 18.0. The van der Waals surface area contributed by atoms with Gasteiger partial charge in [-0.3, -0.25) is 9.69 Å². The van der Waals surface area contributed by atoms with E-state index >= 15 is 0 Å². The second-order valence-electron chi connectivity index (χ2n) is 5.54. The van der Waals surface area contributed by atoms with Crippen molar-refractivity contribution in [3.05, 3.63) is 39.8 Å². The van der Waals surface area contributed by atoms with Crippen molar-refractivity contribution in [2.45, 2.75) is 19.4 Å². The summed E-state index contributed by atoms with van der Waals surface area (Å²) in [5.74, 6) is -0.839. The van der Waals surface area contributed by atoms with Crippen LogP contribution >= 0.6 is 27.3 Å². The number of carboxylic acids is 1. The molecule has 0 saturated carbocycles. The van der Waals surface area contributed by atoms with Crippen LogP contribution in [0.25, 0.3) is 10.6 Å². The number of piperidine rings is 1. The fourth-order valence-electron chi connectivity index (χ4n) is 2.70. The quantitative estimate of drug-likeness (QED) is 0.874. The molecule has 1 aromatic heterocycles. The highest BCUT2D eigenvalue weighted by Crippen LogP contribution is 2.27. The molecule has 2 aromatic rings. The Balaban J connectivity index is 1.62. The Labute approximate surface area is 141 Å². The molecule has 2 heterocycles. The van der Waals surface area contributed by atoms with Crippen molar-refractivity contribution in [1.82, 2.24) is 9.88 Å². The van der Waals surface area contributed by atoms with E-state index in [9.17, 15) is 4.79 Å². The van der Waals surface area contributed by atoms with Gasteiger partial charge < -0.3 is 5.11 Å². The second-order valence-corrected chi connectivity index (χ2v) is 7.32. The highest BCUT2D eigenvalue weighted by Gasteiger charge is 2.24. The fraction of sp³-hybridized carbons (Fsp3) is 0.375. The normalized spacial score (nSPS) is 16.8. The molecule has 0 unspecified atom stereocenters. The van der Waals surface area contributed by atoms with Gasteiger partial charge in [-0.1, -0.05) is 28.1 Å². The molecular formula is C16H17BrN2O2S. The molecule has 0 aliphatic carbocycles. The number of benzene rings is 1. The van der Waals surface area contributed by atoms with Crippen LogP contribution in [-0.4, -0.2) is 34.0 Å². The maximum absolute atomic E-state index is 11.0. The average molecular weight is 381 g/mol. The van der Waals surface area contributed by atoms with Gasteiger partial charge in [0.2, 0.25) is 0 Å². The number of rotatable bonds is 4. The van der Waals surface area contributed by atoms with E-state index in [-0.39, 0.29) is 5.92 Å². The van der Waals surface area contributed by atoms with Gasteiger partial charge in [-0.05, 0) is 38.1 Å². The number of thiazole rings is 1. The minimum absolute atomic E-state index is 0.177. The molecule has 3 rings (SSSR count). The van der Waals surface area contributed by atoms with Gasteiger partial charge in [-0.2, -0.15) is 0 Å². The average Bonchev–Trinajstić information content (AvgIpc) is 2.96. The molecule has 0 amide bonds. The lowest BCUT2D eigenvalue weighted by Gasteiger charge is -2.29. The first-order valence-electron chi connectivity index (χ1n) is 7.27. The van der Waals surface area contributed by atoms with Crippen LogP contribution in [0, 0.1) is 5.92 Å². The summed E-state index contributed by atoms with van der Waals surface area (Å²) < 4.78 is 1.05. The molecule has 4 nitrogen and oxygen atoms in total. The van der Waals surface area contributed by atoms with Crippen molar-refractivity contribution in [3.63, 3.8) is 0 Å². The molecule has 1 aliphatic heterocycles. The van der Waals surface area contributed by atoms with E-state index in [4.69, 9.17) is 10.1 Å². The Morgan fingerprint density at radius 3 is 2.86 bits per heavy atom. The highest BCUT2D eigenvalue weighted by atomic mass is 79.9. The predicted molar refractivity (Wildman–Crippen MR) is 90.9 cm³/mol. The van der Waals surface area contributed by atoms with Gasteiger partial charge in [0.1, 0.15) is 5.01 Å². The molecule has 22 heavy (non-hydrogen) atoms. The summed E-state index contributed by atoms with van der Waals surface area (Å²) in [5, 5.41) is 12.2. The molecule has 0 bridgehead atoms. The number of halogens is 1. The Morgan fingerprint density at radius 1 is 1.41 bits per heavy atom. The smallest absolute Gasteiger partial charge is 0.306 e. The van der Waals surface area contributed by atoms with E-state index < -0.39 is 5.97 Å². The minimum Gasteiger partial charge on any atom is -0.481 e. The maximum atomic E-state index is 11.0. The van der Waals surface area contributed by atoms with E-state index in [0.717, 1.165) is 53.2 Å². The molecule has 1 saturated heterocycles. The molecule has 1 aromatic carbocycles. The number of carbonyl (C=O) groups is 1. The molecule has 1 N–H and O–H groups in total. The summed E-state index contributed by atoms with van der Waals surface area (Å²) in [7, 11) is 0. The van der Waals surface area contributed by atoms with Crippen LogP contribution in [-0.2, 0) is 11.3 Å². The lowest BCUT2D eigenvalue weighted by molar-refractivity contribution is -0.143. The van der Waals surface area contributed by atoms with Crippen LogP contribution in [0.1, 0.15) is 18.5 Å². The third-order valence-corrected chi connectivity index (χ3v) is 5.38. The Bertz CT molecular complexity index is 666. The Kier molecular flexibility index (Phi) is 4.90. The molecule has 1 aliphatic rings. The monoisotopic (exact) mass is 380 g/mol. The number of hydrogen-bond acceptors (Lipinski definition) is 4. The van der Waals surface area contributed by atoms with Crippen molar-refractivity contribution < 1.29 is 9.90 Å². The molecule has 1 fully saturated rings. The fourth-order valence-corrected chi connectivity index (χ4v) is 3.91. The Morgan fingerprint density at radius 2 is 2.18 bits per heavy atom. The summed E-state index contributed by atoms with van der Waals surface area (Å²) in [6.45, 7) is 2.47. The van der Waals surface area contributed by atoms with Crippen molar-refractivity contribution in [2.24, 2.45) is 5.92 Å². The second kappa shape index (κ2) is 6.89. The zero-order chi connectivity index (χ0) is 15.5. The third-order valence-electron chi connectivity index (χ3n) is 3.95. The van der Waals surface area contributed by atoms with Gasteiger partial charge in [0.15, 0.2) is 0 Å². The first kappa shape index (κ1) is 15.6. The number of likely N-dealkylation sites (tertiary alicyclic amines) is 1. The SMILES string of the molecule is O=C(O)C1CCN(Cc2csc(-c3cccc(Br)c3)n2)CC1. The number of carboxylic acid groups (broad SMARTS) is 1. The minimum atomic E-state index is -0.662. The van der Waals surface area contributed by atoms with Crippen molar-refractivity contribution in [3.8, 4) is 10.6 Å². The lowest BCUT2D eigenvalue weighted by atomic mass is 9.97. The number of aliphatic carboxylic acids is 1. The maximum Gasteiger partial charge on any atom is 0.306 e. The lowest BCUT2D eigenvalue weighted by Crippen LogP contribution is -2.35. The van der Waals surface area contributed by atoms with Gasteiger partial charge >= 0.3 is 5.97 Å². The van der Waals surface area contributed by atoms with E-state index in [0.29, 0.717) is 0 Å². The van der Waals surface area contributed by atoms with E-state index in [1.165, 1.54) is 0 Å². The van der Waals surface area contributed by atoms with Gasteiger partial charge in [-0.25, -0.2) is 4.98 Å². The van der Waals surface area contributed by atoms with E-state index in [1.54, 1.807) is 11.3 Å². The first-order valence-corrected chi connectivity index (χ1v) is 8.94. The van der Waals surface area contributed by atoms with Gasteiger partial charge in [0.05, 0.1) is 11.6 Å². The summed E-state index contributed by atoms with van der Waals surface area (Å²) in [6, 6.07) is 8.15. The first-order chi connectivity index (χ1) is 10.6. The van der Waals surface area contributed by atoms with Gasteiger partial charge in [0.25, 0.3) is 0 Å². The standard InChI is InChI=1S/C16H17BrN2O2S/c17-13-3-1-2-12(8-13)15-18-14(10-22-15)9-19-6-4-11(5-7-19)16(20)21/h1-3,8,10-11H,4-7,9H2,(H,20,21). The predicted octanol–water partition coefficient (Wildman–Crippen LogP) is 3.87. The molecule has 6 heteroatoms. The van der Waals surface area contributed by atoms with Crippen LogP contribution in [0.3, 0.4) is 0 Å². The van der Waals surface area contributed by atoms with Crippen LogP contribution in [0.5, 0.6) is 0 Å². The highest BCUT2D eigenvalue weighted by molar-refractivity contribution is 9.10. The molecule has 0 spiro atoms. The van der Waals surface area contributed by atoms with E-state index in [1.807, 2.05) is 12.1 Å². The van der Waals surface area contributed by atoms with Crippen LogP contribution in [0.4, 0.5) is 0 Å². The van der Waals surface area contributed by atoms with Crippen molar-refractivity contribution in [1.29, 1.82) is 0 Å². The summed E-state index contributed by atoms with van der Waals surface area (Å²) in [6.07, 6.45) is 1.47. The summed E-state index contributed by atoms with van der Waals surface area (Å²) in [5.41, 5.74) is 2.18. The van der Waals surface area contributed by atoms with Crippen molar-refractivity contribution >= 4 is 33.2 Å². The van der Waals surface area contributed by atoms with Crippen LogP contribution in [0.2, 0.25) is 0 Å². The summed E-state index contributed by atoms with van der Waals surface area (Å²) >= 11 is 5.14. The number of aromatic nitrogens is 1. The third kappa shape index (κ3) is 3.74. The van der Waals surface area contributed by atoms with Gasteiger partial charge in [-0.15, -0.1) is 11.3 Å². The zero-order valence-electron chi connectivity index (χ0n) is 12.0. The van der Waals surface area contributed by atoms with Gasteiger partial charge in [0, 0.05) is 22.0 Å². The van der Waals surface area contributed by atoms with Crippen LogP contribution in [0.15, 0.2) is 34.1 Å². The zero-order valence-corrected chi connectivity index (χ0v) is 14.4. The molecule has 0 radical (unpaired) electrons. The number of hydrogen-bond donors (Lipinski definition) is 1. The molecule has 0 atom stereocenters. The number of nitrogens with zero attached hydrogens (tertiary/aromatic N) is 2. The van der Waals surface area contributed by atoms with E-state index in [2.05, 4.69) is 38.3 Å².